The zero-order chi connectivity index (χ0) is 21.5. The average Bonchev–Trinajstić information content (AvgIpc) is 2.50. The molecular formula is C23H33NO3S. The van der Waals surface area contributed by atoms with Gasteiger partial charge in [0.1, 0.15) is 0 Å². The summed E-state index contributed by atoms with van der Waals surface area (Å²) in [5, 5.41) is -1.40. The van der Waals surface area contributed by atoms with E-state index >= 15 is 0 Å². The van der Waals surface area contributed by atoms with E-state index < -0.39 is 11.0 Å². The van der Waals surface area contributed by atoms with Gasteiger partial charge in [0.15, 0.2) is 0 Å². The van der Waals surface area contributed by atoms with Crippen molar-refractivity contribution in [3.8, 4) is 0 Å². The zero-order valence-corrected chi connectivity index (χ0v) is 19.1. The Hall–Kier alpha value is -1.75. The molecule has 5 heteroatoms. The molecule has 0 bridgehead atoms. The van der Waals surface area contributed by atoms with Crippen molar-refractivity contribution in [2.24, 2.45) is 16.7 Å². The standard InChI is InChI=1S/C23H33NO3S/c1-15(25)24-19(21(3,4)5)14-18(17-12-10-9-11-13-17)20(22(6,7)8)23(24,28)27-16(2)26/h9-14,19-20,28H,1-8H3. The van der Waals surface area contributed by atoms with E-state index in [4.69, 9.17) is 17.4 Å². The lowest BCUT2D eigenvalue weighted by Crippen LogP contribution is -2.65. The van der Waals surface area contributed by atoms with Crippen molar-refractivity contribution in [1.29, 1.82) is 0 Å². The second-order valence-corrected chi connectivity index (χ2v) is 10.4. The smallest absolute Gasteiger partial charge is 0.305 e. The Labute approximate surface area is 174 Å². The summed E-state index contributed by atoms with van der Waals surface area (Å²) >= 11 is 4.93. The summed E-state index contributed by atoms with van der Waals surface area (Å²) in [6, 6.07) is 9.78. The van der Waals surface area contributed by atoms with Gasteiger partial charge in [-0.25, -0.2) is 0 Å². The predicted octanol–water partition coefficient (Wildman–Crippen LogP) is 5.16. The van der Waals surface area contributed by atoms with Crippen LogP contribution in [0.3, 0.4) is 0 Å². The van der Waals surface area contributed by atoms with Gasteiger partial charge in [0.05, 0.1) is 12.0 Å². The molecular weight excluding hydrogens is 370 g/mol. The van der Waals surface area contributed by atoms with Gasteiger partial charge in [-0.3, -0.25) is 14.5 Å². The number of amides is 1. The molecule has 0 saturated carbocycles. The highest BCUT2D eigenvalue weighted by Crippen LogP contribution is 2.54. The molecule has 1 amide bonds. The normalized spacial score (nSPS) is 25.9. The van der Waals surface area contributed by atoms with E-state index in [1.54, 1.807) is 4.90 Å². The van der Waals surface area contributed by atoms with Gasteiger partial charge in [0.25, 0.3) is 0 Å². The molecule has 0 radical (unpaired) electrons. The number of nitrogens with zero attached hydrogens (tertiary/aromatic N) is 1. The quantitative estimate of drug-likeness (QED) is 0.422. The first kappa shape index (κ1) is 22.5. The molecule has 0 spiro atoms. The monoisotopic (exact) mass is 403 g/mol. The van der Waals surface area contributed by atoms with E-state index in [9.17, 15) is 9.59 Å². The Bertz CT molecular complexity index is 773. The van der Waals surface area contributed by atoms with Crippen LogP contribution in [0.15, 0.2) is 36.4 Å². The van der Waals surface area contributed by atoms with E-state index in [0.29, 0.717) is 0 Å². The molecule has 2 rings (SSSR count). The molecule has 1 aliphatic heterocycles. The maximum atomic E-state index is 12.8. The van der Waals surface area contributed by atoms with Gasteiger partial charge in [-0.1, -0.05) is 78.0 Å². The van der Waals surface area contributed by atoms with Gasteiger partial charge < -0.3 is 4.74 Å². The number of carbonyl (C=O) groups excluding carboxylic acids is 2. The number of hydrogen-bond donors (Lipinski definition) is 1. The number of carbonyl (C=O) groups is 2. The summed E-state index contributed by atoms with van der Waals surface area (Å²) in [7, 11) is 0. The maximum absolute atomic E-state index is 12.8. The minimum absolute atomic E-state index is 0.172. The fourth-order valence-corrected chi connectivity index (χ4v) is 5.10. The number of thiol groups is 1. The lowest BCUT2D eigenvalue weighted by molar-refractivity contribution is -0.186. The molecule has 1 aliphatic rings. The van der Waals surface area contributed by atoms with Gasteiger partial charge in [-0.2, -0.15) is 0 Å². The molecule has 3 unspecified atom stereocenters. The third-order valence-electron chi connectivity index (χ3n) is 5.14. The first-order valence-electron chi connectivity index (χ1n) is 9.68. The van der Waals surface area contributed by atoms with Crippen LogP contribution in [0.2, 0.25) is 0 Å². The van der Waals surface area contributed by atoms with E-state index in [-0.39, 0.29) is 28.7 Å². The number of ether oxygens (including phenoxy) is 1. The predicted molar refractivity (Wildman–Crippen MR) is 117 cm³/mol. The van der Waals surface area contributed by atoms with Crippen LogP contribution in [-0.2, 0) is 14.3 Å². The Morgan fingerprint density at radius 2 is 1.54 bits per heavy atom. The van der Waals surface area contributed by atoms with Gasteiger partial charge in [-0.05, 0) is 22.0 Å². The van der Waals surface area contributed by atoms with Crippen molar-refractivity contribution in [2.45, 2.75) is 66.5 Å². The molecule has 0 saturated heterocycles. The van der Waals surface area contributed by atoms with Crippen molar-refractivity contribution < 1.29 is 14.3 Å². The lowest BCUT2D eigenvalue weighted by Gasteiger charge is -2.56. The van der Waals surface area contributed by atoms with Gasteiger partial charge in [0.2, 0.25) is 11.0 Å². The molecule has 1 heterocycles. The molecule has 28 heavy (non-hydrogen) atoms. The topological polar surface area (TPSA) is 46.6 Å². The van der Waals surface area contributed by atoms with Gasteiger partial charge in [0, 0.05) is 13.8 Å². The molecule has 0 aliphatic carbocycles. The number of hydrogen-bond acceptors (Lipinski definition) is 4. The molecule has 1 aromatic carbocycles. The number of esters is 1. The minimum Gasteiger partial charge on any atom is -0.429 e. The van der Waals surface area contributed by atoms with E-state index in [1.807, 2.05) is 18.2 Å². The Morgan fingerprint density at radius 3 is 1.93 bits per heavy atom. The first-order chi connectivity index (χ1) is 12.7. The molecule has 0 aromatic heterocycles. The van der Waals surface area contributed by atoms with Crippen molar-refractivity contribution >= 4 is 30.1 Å². The highest BCUT2D eigenvalue weighted by Gasteiger charge is 2.58. The second-order valence-electron chi connectivity index (χ2n) is 9.74. The molecule has 0 N–H and O–H groups in total. The molecule has 0 fully saturated rings. The van der Waals surface area contributed by atoms with Crippen LogP contribution in [0.4, 0.5) is 0 Å². The third-order valence-corrected chi connectivity index (χ3v) is 5.71. The summed E-state index contributed by atoms with van der Waals surface area (Å²) in [5.74, 6) is -0.955. The number of rotatable bonds is 2. The summed E-state index contributed by atoms with van der Waals surface area (Å²) in [6.45, 7) is 15.3. The summed E-state index contributed by atoms with van der Waals surface area (Å²) in [5.41, 5.74) is 1.49. The van der Waals surface area contributed by atoms with Gasteiger partial charge in [-0.15, -0.1) is 12.6 Å². The SMILES string of the molecule is CC(=O)OC1(S)C(C(C)(C)C)C(c2ccccc2)=CC(C(C)(C)C)N1C(C)=O. The Balaban J connectivity index is 2.89. The molecule has 4 nitrogen and oxygen atoms in total. The third kappa shape index (κ3) is 4.29. The van der Waals surface area contributed by atoms with Crippen LogP contribution in [-0.4, -0.2) is 27.9 Å². The Morgan fingerprint density at radius 1 is 1.00 bits per heavy atom. The first-order valence-corrected chi connectivity index (χ1v) is 10.1. The van der Waals surface area contributed by atoms with Crippen molar-refractivity contribution in [3.63, 3.8) is 0 Å². The summed E-state index contributed by atoms with van der Waals surface area (Å²) in [6.07, 6.45) is 2.16. The van der Waals surface area contributed by atoms with Crippen LogP contribution in [0.5, 0.6) is 0 Å². The van der Waals surface area contributed by atoms with Crippen LogP contribution in [0.25, 0.3) is 5.57 Å². The lowest BCUT2D eigenvalue weighted by atomic mass is 9.67. The summed E-state index contributed by atoms with van der Waals surface area (Å²) in [4.78, 5) is 26.6. The maximum Gasteiger partial charge on any atom is 0.305 e. The van der Waals surface area contributed by atoms with Crippen LogP contribution in [0.1, 0.15) is 61.0 Å². The van der Waals surface area contributed by atoms with E-state index in [2.05, 4.69) is 59.8 Å². The van der Waals surface area contributed by atoms with E-state index in [1.165, 1.54) is 13.8 Å². The number of benzene rings is 1. The zero-order valence-electron chi connectivity index (χ0n) is 18.2. The summed E-state index contributed by atoms with van der Waals surface area (Å²) < 4.78 is 5.86. The van der Waals surface area contributed by atoms with Gasteiger partial charge >= 0.3 is 5.97 Å². The van der Waals surface area contributed by atoms with Crippen LogP contribution in [0, 0.1) is 16.7 Å². The minimum atomic E-state index is -1.40. The van der Waals surface area contributed by atoms with Crippen molar-refractivity contribution in [1.82, 2.24) is 4.90 Å². The van der Waals surface area contributed by atoms with Crippen LogP contribution >= 0.6 is 12.6 Å². The molecule has 154 valence electrons. The van der Waals surface area contributed by atoms with Crippen LogP contribution < -0.4 is 0 Å². The average molecular weight is 404 g/mol. The van der Waals surface area contributed by atoms with E-state index in [0.717, 1.165) is 11.1 Å². The highest BCUT2D eigenvalue weighted by atomic mass is 32.1. The van der Waals surface area contributed by atoms with Crippen molar-refractivity contribution in [3.05, 3.63) is 42.0 Å². The molecule has 1 aromatic rings. The fraction of sp³-hybridized carbons (Fsp3) is 0.565. The Kier molecular flexibility index (Phi) is 6.10. The second kappa shape index (κ2) is 7.58. The largest absolute Gasteiger partial charge is 0.429 e. The molecule has 3 atom stereocenters. The highest BCUT2D eigenvalue weighted by molar-refractivity contribution is 7.81. The fourth-order valence-electron chi connectivity index (χ4n) is 4.18. The van der Waals surface area contributed by atoms with Crippen molar-refractivity contribution in [2.75, 3.05) is 0 Å².